The number of carbonyl (C=O) groups excluding carboxylic acids is 2. The molecule has 0 saturated carbocycles. The first kappa shape index (κ1) is 18.3. The molecular formula is C20H21ClN2O3. The average molecular weight is 373 g/mol. The predicted molar refractivity (Wildman–Crippen MR) is 103 cm³/mol. The Morgan fingerprint density at radius 2 is 2.00 bits per heavy atom. The lowest BCUT2D eigenvalue weighted by atomic mass is 9.86. The van der Waals surface area contributed by atoms with Gasteiger partial charge >= 0.3 is 0 Å². The summed E-state index contributed by atoms with van der Waals surface area (Å²) >= 11 is 5.93. The normalized spacial score (nSPS) is 13.8. The number of nitrogens with one attached hydrogen (secondary N) is 1. The highest BCUT2D eigenvalue weighted by atomic mass is 35.5. The zero-order chi connectivity index (χ0) is 18.9. The van der Waals surface area contributed by atoms with Crippen LogP contribution in [-0.2, 0) is 15.0 Å². The Bertz CT molecular complexity index is 858. The minimum absolute atomic E-state index is 0.0331. The fraction of sp³-hybridized carbons (Fsp3) is 0.300. The third-order valence-corrected chi connectivity index (χ3v) is 4.41. The van der Waals surface area contributed by atoms with Crippen molar-refractivity contribution in [3.63, 3.8) is 0 Å². The fourth-order valence-electron chi connectivity index (χ4n) is 2.75. The molecule has 0 aromatic heterocycles. The van der Waals surface area contributed by atoms with Crippen molar-refractivity contribution < 1.29 is 14.3 Å². The number of rotatable bonds is 3. The van der Waals surface area contributed by atoms with Crippen LogP contribution in [0.15, 0.2) is 42.5 Å². The molecule has 26 heavy (non-hydrogen) atoms. The quantitative estimate of drug-likeness (QED) is 0.885. The average Bonchev–Trinajstić information content (AvgIpc) is 2.56. The second-order valence-corrected chi connectivity index (χ2v) is 7.70. The Hall–Kier alpha value is -2.53. The lowest BCUT2D eigenvalue weighted by Crippen LogP contribution is -2.43. The molecule has 1 heterocycles. The Labute approximate surface area is 157 Å². The molecule has 0 aliphatic carbocycles. The van der Waals surface area contributed by atoms with Gasteiger partial charge < -0.3 is 10.1 Å². The van der Waals surface area contributed by atoms with Crippen molar-refractivity contribution in [2.24, 2.45) is 0 Å². The highest BCUT2D eigenvalue weighted by Crippen LogP contribution is 2.36. The lowest BCUT2D eigenvalue weighted by molar-refractivity contribution is -0.123. The van der Waals surface area contributed by atoms with Gasteiger partial charge in [0.15, 0.2) is 6.61 Å². The van der Waals surface area contributed by atoms with Crippen molar-refractivity contribution in [1.82, 2.24) is 0 Å². The summed E-state index contributed by atoms with van der Waals surface area (Å²) < 4.78 is 5.58. The van der Waals surface area contributed by atoms with Gasteiger partial charge in [0.25, 0.3) is 5.91 Å². The van der Waals surface area contributed by atoms with Gasteiger partial charge in [-0.3, -0.25) is 14.5 Å². The van der Waals surface area contributed by atoms with Crippen LogP contribution in [0.3, 0.4) is 0 Å². The van der Waals surface area contributed by atoms with Gasteiger partial charge in [-0.25, -0.2) is 0 Å². The molecule has 2 amide bonds. The molecule has 3 rings (SSSR count). The number of halogens is 1. The van der Waals surface area contributed by atoms with Gasteiger partial charge in [-0.05, 0) is 41.3 Å². The van der Waals surface area contributed by atoms with Gasteiger partial charge in [0, 0.05) is 10.7 Å². The maximum Gasteiger partial charge on any atom is 0.265 e. The molecule has 0 fully saturated rings. The summed E-state index contributed by atoms with van der Waals surface area (Å²) in [7, 11) is 0. The highest BCUT2D eigenvalue weighted by molar-refractivity contribution is 6.30. The first-order valence-corrected chi connectivity index (χ1v) is 8.75. The molecule has 5 nitrogen and oxygen atoms in total. The van der Waals surface area contributed by atoms with E-state index in [1.54, 1.807) is 24.3 Å². The van der Waals surface area contributed by atoms with E-state index in [-0.39, 0.29) is 30.4 Å². The molecule has 0 bridgehead atoms. The van der Waals surface area contributed by atoms with Crippen molar-refractivity contribution in [2.45, 2.75) is 26.2 Å². The first-order valence-electron chi connectivity index (χ1n) is 8.37. The molecule has 0 atom stereocenters. The summed E-state index contributed by atoms with van der Waals surface area (Å²) in [4.78, 5) is 26.1. The van der Waals surface area contributed by atoms with Crippen LogP contribution < -0.4 is 15.0 Å². The number of hydrogen-bond donors (Lipinski definition) is 1. The van der Waals surface area contributed by atoms with Gasteiger partial charge in [-0.1, -0.05) is 44.5 Å². The second-order valence-electron chi connectivity index (χ2n) is 7.26. The van der Waals surface area contributed by atoms with Crippen LogP contribution in [0.25, 0.3) is 0 Å². The minimum atomic E-state index is -0.298. The molecule has 0 spiro atoms. The molecular weight excluding hydrogens is 352 g/mol. The number of nitrogens with zero attached hydrogens (tertiary/aromatic N) is 1. The molecule has 136 valence electrons. The van der Waals surface area contributed by atoms with Crippen molar-refractivity contribution in [1.29, 1.82) is 0 Å². The molecule has 0 radical (unpaired) electrons. The number of anilines is 2. The number of benzene rings is 2. The van der Waals surface area contributed by atoms with Gasteiger partial charge in [-0.2, -0.15) is 0 Å². The SMILES string of the molecule is CC(C)(C)c1ccc2c(c1)OCC(=O)N2CC(=O)Nc1cccc(Cl)c1. The van der Waals surface area contributed by atoms with Crippen LogP contribution in [-0.4, -0.2) is 25.0 Å². The van der Waals surface area contributed by atoms with Crippen molar-refractivity contribution in [3.8, 4) is 5.75 Å². The third kappa shape index (κ3) is 3.99. The summed E-state index contributed by atoms with van der Waals surface area (Å²) in [5.41, 5.74) is 2.27. The Morgan fingerprint density at radius 1 is 1.23 bits per heavy atom. The van der Waals surface area contributed by atoms with Crippen molar-refractivity contribution in [3.05, 3.63) is 53.1 Å². The maximum atomic E-state index is 12.4. The standard InChI is InChI=1S/C20H21ClN2O3/c1-20(2,3)13-7-8-16-17(9-13)26-12-19(25)23(16)11-18(24)22-15-6-4-5-14(21)10-15/h4-10H,11-12H2,1-3H3,(H,22,24). The van der Waals surface area contributed by atoms with Crippen LogP contribution >= 0.6 is 11.6 Å². The minimum Gasteiger partial charge on any atom is -0.482 e. The molecule has 1 aliphatic rings. The zero-order valence-corrected chi connectivity index (χ0v) is 15.8. The van der Waals surface area contributed by atoms with E-state index < -0.39 is 0 Å². The van der Waals surface area contributed by atoms with E-state index in [2.05, 4.69) is 26.1 Å². The predicted octanol–water partition coefficient (Wildman–Crippen LogP) is 4.00. The summed E-state index contributed by atoms with van der Waals surface area (Å²) in [6, 6.07) is 12.6. The fourth-order valence-corrected chi connectivity index (χ4v) is 2.94. The zero-order valence-electron chi connectivity index (χ0n) is 15.0. The molecule has 1 aliphatic heterocycles. The smallest absolute Gasteiger partial charge is 0.265 e. The molecule has 1 N–H and O–H groups in total. The van der Waals surface area contributed by atoms with E-state index in [0.717, 1.165) is 5.56 Å². The lowest BCUT2D eigenvalue weighted by Gasteiger charge is -2.30. The molecule has 0 unspecified atom stereocenters. The van der Waals surface area contributed by atoms with Gasteiger partial charge in [0.1, 0.15) is 12.3 Å². The van der Waals surface area contributed by atoms with Gasteiger partial charge in [0.2, 0.25) is 5.91 Å². The van der Waals surface area contributed by atoms with Gasteiger partial charge in [-0.15, -0.1) is 0 Å². The Kier molecular flexibility index (Phi) is 4.92. The second kappa shape index (κ2) is 7.00. The molecule has 2 aromatic carbocycles. The van der Waals surface area contributed by atoms with E-state index in [4.69, 9.17) is 16.3 Å². The number of carbonyl (C=O) groups is 2. The monoisotopic (exact) mass is 372 g/mol. The largest absolute Gasteiger partial charge is 0.482 e. The number of fused-ring (bicyclic) bond motifs is 1. The third-order valence-electron chi connectivity index (χ3n) is 4.18. The van der Waals surface area contributed by atoms with E-state index >= 15 is 0 Å². The van der Waals surface area contributed by atoms with Crippen LogP contribution in [0.5, 0.6) is 5.75 Å². The summed E-state index contributed by atoms with van der Waals surface area (Å²) in [5, 5.41) is 3.29. The Balaban J connectivity index is 1.80. The topological polar surface area (TPSA) is 58.6 Å². The number of ether oxygens (including phenoxy) is 1. The van der Waals surface area contributed by atoms with Crippen LogP contribution in [0, 0.1) is 0 Å². The maximum absolute atomic E-state index is 12.4. The van der Waals surface area contributed by atoms with Crippen LogP contribution in [0.4, 0.5) is 11.4 Å². The van der Waals surface area contributed by atoms with Crippen molar-refractivity contribution >= 4 is 34.8 Å². The summed E-state index contributed by atoms with van der Waals surface area (Å²) in [6.07, 6.45) is 0. The summed E-state index contributed by atoms with van der Waals surface area (Å²) in [5.74, 6) is 0.0724. The van der Waals surface area contributed by atoms with E-state index in [9.17, 15) is 9.59 Å². The number of hydrogen-bond acceptors (Lipinski definition) is 3. The van der Waals surface area contributed by atoms with E-state index in [1.165, 1.54) is 4.90 Å². The highest BCUT2D eigenvalue weighted by Gasteiger charge is 2.28. The van der Waals surface area contributed by atoms with Gasteiger partial charge in [0.05, 0.1) is 5.69 Å². The van der Waals surface area contributed by atoms with Crippen LogP contribution in [0.1, 0.15) is 26.3 Å². The molecule has 2 aromatic rings. The van der Waals surface area contributed by atoms with Crippen molar-refractivity contribution in [2.75, 3.05) is 23.4 Å². The molecule has 0 saturated heterocycles. The number of amides is 2. The van der Waals surface area contributed by atoms with E-state index in [1.807, 2.05) is 18.2 Å². The Morgan fingerprint density at radius 3 is 2.69 bits per heavy atom. The van der Waals surface area contributed by atoms with Crippen LogP contribution in [0.2, 0.25) is 5.02 Å². The van der Waals surface area contributed by atoms with E-state index in [0.29, 0.717) is 22.1 Å². The molecule has 6 heteroatoms. The first-order chi connectivity index (χ1) is 12.2. The summed E-state index contributed by atoms with van der Waals surface area (Å²) in [6.45, 7) is 6.17.